The van der Waals surface area contributed by atoms with Gasteiger partial charge in [0.15, 0.2) is 5.82 Å². The zero-order valence-corrected chi connectivity index (χ0v) is 12.3. The third kappa shape index (κ3) is 3.10. The molecule has 0 aliphatic heterocycles. The van der Waals surface area contributed by atoms with Gasteiger partial charge in [0.1, 0.15) is 0 Å². The second-order valence-corrected chi connectivity index (χ2v) is 6.44. The van der Waals surface area contributed by atoms with E-state index in [1.807, 2.05) is 0 Å². The summed E-state index contributed by atoms with van der Waals surface area (Å²) in [6.07, 6.45) is 2.26. The maximum absolute atomic E-state index is 13.4. The lowest BCUT2D eigenvalue weighted by molar-refractivity contribution is 0.597. The number of nitrogens with one attached hydrogen (secondary N) is 1. The van der Waals surface area contributed by atoms with Crippen LogP contribution in [0.15, 0.2) is 46.0 Å². The van der Waals surface area contributed by atoms with Crippen LogP contribution in [0.5, 0.6) is 0 Å². The molecule has 100 valence electrons. The summed E-state index contributed by atoms with van der Waals surface area (Å²) < 4.78 is 40.7. The maximum atomic E-state index is 13.4. The zero-order valence-electron chi connectivity index (χ0n) is 9.89. The molecule has 0 atom stereocenters. The lowest BCUT2D eigenvalue weighted by Crippen LogP contribution is -2.15. The predicted octanol–water partition coefficient (Wildman–Crippen LogP) is 3.09. The van der Waals surface area contributed by atoms with E-state index in [9.17, 15) is 12.8 Å². The summed E-state index contributed by atoms with van der Waals surface area (Å²) in [6.45, 7) is 1.67. The van der Waals surface area contributed by atoms with Gasteiger partial charge in [-0.3, -0.25) is 9.71 Å². The highest BCUT2D eigenvalue weighted by molar-refractivity contribution is 9.10. The Hall–Kier alpha value is -1.47. The van der Waals surface area contributed by atoms with Crippen LogP contribution in [0.25, 0.3) is 0 Å². The first-order valence-electron chi connectivity index (χ1n) is 5.28. The molecule has 1 aromatic heterocycles. The first-order valence-corrected chi connectivity index (χ1v) is 7.56. The minimum absolute atomic E-state index is 0.0955. The van der Waals surface area contributed by atoms with Gasteiger partial charge < -0.3 is 0 Å². The SMILES string of the molecule is Cc1ccc(Br)cc1S(=O)(=O)Nc1ccncc1F. The summed E-state index contributed by atoms with van der Waals surface area (Å²) in [7, 11) is -3.84. The topological polar surface area (TPSA) is 59.1 Å². The summed E-state index contributed by atoms with van der Waals surface area (Å²) in [5, 5.41) is 0. The van der Waals surface area contributed by atoms with E-state index >= 15 is 0 Å². The lowest BCUT2D eigenvalue weighted by atomic mass is 10.2. The number of halogens is 2. The van der Waals surface area contributed by atoms with Crippen LogP contribution >= 0.6 is 15.9 Å². The first kappa shape index (κ1) is 14.0. The van der Waals surface area contributed by atoms with E-state index in [0.29, 0.717) is 10.0 Å². The Morgan fingerprint density at radius 1 is 1.32 bits per heavy atom. The van der Waals surface area contributed by atoms with Gasteiger partial charge in [-0.05, 0) is 30.7 Å². The van der Waals surface area contributed by atoms with Crippen molar-refractivity contribution in [3.05, 3.63) is 52.5 Å². The molecular formula is C12H10BrFN2O2S. The molecule has 0 spiro atoms. The second-order valence-electron chi connectivity index (χ2n) is 3.87. The third-order valence-electron chi connectivity index (χ3n) is 2.46. The van der Waals surface area contributed by atoms with Crippen LogP contribution in [0.4, 0.5) is 10.1 Å². The van der Waals surface area contributed by atoms with Crippen molar-refractivity contribution in [2.75, 3.05) is 4.72 Å². The summed E-state index contributed by atoms with van der Waals surface area (Å²) in [5.74, 6) is -0.723. The van der Waals surface area contributed by atoms with Crippen molar-refractivity contribution >= 4 is 31.6 Å². The molecule has 7 heteroatoms. The van der Waals surface area contributed by atoms with Crippen molar-refractivity contribution in [2.45, 2.75) is 11.8 Å². The number of hydrogen-bond donors (Lipinski definition) is 1. The highest BCUT2D eigenvalue weighted by Crippen LogP contribution is 2.23. The van der Waals surface area contributed by atoms with E-state index in [2.05, 4.69) is 25.6 Å². The average molecular weight is 345 g/mol. The van der Waals surface area contributed by atoms with Crippen molar-refractivity contribution in [1.29, 1.82) is 0 Å². The maximum Gasteiger partial charge on any atom is 0.262 e. The minimum atomic E-state index is -3.84. The molecule has 2 rings (SSSR count). The number of anilines is 1. The monoisotopic (exact) mass is 344 g/mol. The van der Waals surface area contributed by atoms with Crippen molar-refractivity contribution in [1.82, 2.24) is 4.98 Å². The van der Waals surface area contributed by atoms with Gasteiger partial charge in [-0.2, -0.15) is 0 Å². The van der Waals surface area contributed by atoms with Crippen LogP contribution in [0, 0.1) is 12.7 Å². The van der Waals surface area contributed by atoms with E-state index in [4.69, 9.17) is 0 Å². The molecule has 0 aliphatic carbocycles. The smallest absolute Gasteiger partial charge is 0.262 e. The van der Waals surface area contributed by atoms with Crippen LogP contribution in [0.2, 0.25) is 0 Å². The molecule has 0 radical (unpaired) electrons. The van der Waals surface area contributed by atoms with E-state index < -0.39 is 15.8 Å². The number of hydrogen-bond acceptors (Lipinski definition) is 3. The molecule has 0 bridgehead atoms. The van der Waals surface area contributed by atoms with Crippen LogP contribution in [-0.4, -0.2) is 13.4 Å². The summed E-state index contributed by atoms with van der Waals surface area (Å²) in [4.78, 5) is 3.66. The normalized spacial score (nSPS) is 11.3. The van der Waals surface area contributed by atoms with Crippen LogP contribution < -0.4 is 4.72 Å². The Bertz CT molecular complexity index is 719. The number of aromatic nitrogens is 1. The fourth-order valence-electron chi connectivity index (χ4n) is 1.52. The number of nitrogens with zero attached hydrogens (tertiary/aromatic N) is 1. The Labute approximate surface area is 118 Å². The summed E-state index contributed by atoms with van der Waals surface area (Å²) in [5.41, 5.74) is 0.444. The summed E-state index contributed by atoms with van der Waals surface area (Å²) in [6, 6.07) is 6.14. The minimum Gasteiger partial charge on any atom is -0.277 e. The fraction of sp³-hybridized carbons (Fsp3) is 0.0833. The van der Waals surface area contributed by atoms with Gasteiger partial charge in [-0.1, -0.05) is 22.0 Å². The molecule has 0 saturated heterocycles. The quantitative estimate of drug-likeness (QED) is 0.930. The van der Waals surface area contributed by atoms with Crippen LogP contribution in [0.3, 0.4) is 0 Å². The molecule has 0 aliphatic rings. The number of pyridine rings is 1. The molecule has 0 fully saturated rings. The van der Waals surface area contributed by atoms with Gasteiger partial charge in [0.05, 0.1) is 16.8 Å². The molecule has 1 heterocycles. The summed E-state index contributed by atoms with van der Waals surface area (Å²) >= 11 is 3.21. The number of aryl methyl sites for hydroxylation is 1. The largest absolute Gasteiger partial charge is 0.277 e. The van der Waals surface area contributed by atoms with Crippen molar-refractivity contribution < 1.29 is 12.8 Å². The van der Waals surface area contributed by atoms with Crippen molar-refractivity contribution in [2.24, 2.45) is 0 Å². The Balaban J connectivity index is 2.44. The molecule has 0 amide bonds. The number of sulfonamides is 1. The van der Waals surface area contributed by atoms with Gasteiger partial charge in [-0.25, -0.2) is 12.8 Å². The van der Waals surface area contributed by atoms with Crippen molar-refractivity contribution in [3.8, 4) is 0 Å². The molecule has 1 aromatic carbocycles. The Kier molecular flexibility index (Phi) is 3.86. The number of rotatable bonds is 3. The lowest BCUT2D eigenvalue weighted by Gasteiger charge is -2.11. The Morgan fingerprint density at radius 2 is 2.05 bits per heavy atom. The predicted molar refractivity (Wildman–Crippen MR) is 73.9 cm³/mol. The van der Waals surface area contributed by atoms with Crippen LogP contribution in [0.1, 0.15) is 5.56 Å². The Morgan fingerprint density at radius 3 is 2.74 bits per heavy atom. The molecule has 0 saturated carbocycles. The molecule has 2 aromatic rings. The van der Waals surface area contributed by atoms with E-state index in [-0.39, 0.29) is 10.6 Å². The van der Waals surface area contributed by atoms with Gasteiger partial charge >= 0.3 is 0 Å². The van der Waals surface area contributed by atoms with E-state index in [1.54, 1.807) is 19.1 Å². The molecular weight excluding hydrogens is 335 g/mol. The van der Waals surface area contributed by atoms with Crippen LogP contribution in [-0.2, 0) is 10.0 Å². The second kappa shape index (κ2) is 5.26. The van der Waals surface area contributed by atoms with E-state index in [1.165, 1.54) is 18.3 Å². The van der Waals surface area contributed by atoms with Gasteiger partial charge in [-0.15, -0.1) is 0 Å². The molecule has 19 heavy (non-hydrogen) atoms. The highest BCUT2D eigenvalue weighted by atomic mass is 79.9. The average Bonchev–Trinajstić information content (AvgIpc) is 2.35. The van der Waals surface area contributed by atoms with Gasteiger partial charge in [0.25, 0.3) is 10.0 Å². The third-order valence-corrected chi connectivity index (χ3v) is 4.46. The van der Waals surface area contributed by atoms with Gasteiger partial charge in [0.2, 0.25) is 0 Å². The first-order chi connectivity index (χ1) is 8.90. The van der Waals surface area contributed by atoms with Gasteiger partial charge in [0, 0.05) is 10.7 Å². The fourth-order valence-corrected chi connectivity index (χ4v) is 3.37. The number of benzene rings is 1. The molecule has 1 N–H and O–H groups in total. The molecule has 0 unspecified atom stereocenters. The molecule has 4 nitrogen and oxygen atoms in total. The van der Waals surface area contributed by atoms with Crippen molar-refractivity contribution in [3.63, 3.8) is 0 Å². The highest BCUT2D eigenvalue weighted by Gasteiger charge is 2.18. The standard InChI is InChI=1S/C12H10BrFN2O2S/c1-8-2-3-9(13)6-12(8)19(17,18)16-11-4-5-15-7-10(11)14/h2-7H,1H3,(H,15,16). The van der Waals surface area contributed by atoms with E-state index in [0.717, 1.165) is 6.20 Å². The zero-order chi connectivity index (χ0) is 14.0.